The van der Waals surface area contributed by atoms with E-state index in [2.05, 4.69) is 61.5 Å². The quantitative estimate of drug-likeness (QED) is 0.699. The van der Waals surface area contributed by atoms with Gasteiger partial charge in [0.15, 0.2) is 0 Å². The van der Waals surface area contributed by atoms with Gasteiger partial charge in [-0.3, -0.25) is 9.78 Å². The highest BCUT2D eigenvalue weighted by Crippen LogP contribution is 2.32. The highest BCUT2D eigenvalue weighted by Gasteiger charge is 2.15. The summed E-state index contributed by atoms with van der Waals surface area (Å²) in [6.45, 7) is 10.0. The van der Waals surface area contributed by atoms with Crippen molar-refractivity contribution < 1.29 is 4.79 Å². The highest BCUT2D eigenvalue weighted by atomic mass is 16.1. The Morgan fingerprint density at radius 1 is 1.00 bits per heavy atom. The topological polar surface area (TPSA) is 54.0 Å². The summed E-state index contributed by atoms with van der Waals surface area (Å²) in [5.74, 6) is 0.801. The molecule has 25 heavy (non-hydrogen) atoms. The first kappa shape index (κ1) is 19.1. The van der Waals surface area contributed by atoms with Crippen molar-refractivity contribution in [2.24, 2.45) is 0 Å². The molecular formula is C21H29N3O. The molecule has 0 fully saturated rings. The maximum absolute atomic E-state index is 12.4. The summed E-state index contributed by atoms with van der Waals surface area (Å²) in [7, 11) is 0. The van der Waals surface area contributed by atoms with Gasteiger partial charge in [0.25, 0.3) is 0 Å². The second-order valence-electron chi connectivity index (χ2n) is 6.95. The molecule has 4 nitrogen and oxygen atoms in total. The lowest BCUT2D eigenvalue weighted by Crippen LogP contribution is -2.22. The predicted octanol–water partition coefficient (Wildman–Crippen LogP) is 4.45. The Kier molecular flexibility index (Phi) is 7.14. The molecule has 0 saturated heterocycles. The molecule has 0 saturated carbocycles. The molecule has 0 unspecified atom stereocenters. The Labute approximate surface area is 151 Å². The predicted molar refractivity (Wildman–Crippen MR) is 104 cm³/mol. The van der Waals surface area contributed by atoms with E-state index in [1.807, 2.05) is 12.1 Å². The summed E-state index contributed by atoms with van der Waals surface area (Å²) in [6.07, 6.45) is 4.01. The van der Waals surface area contributed by atoms with Gasteiger partial charge in [-0.25, -0.2) is 0 Å². The summed E-state index contributed by atoms with van der Waals surface area (Å²) in [6, 6.07) is 10.2. The van der Waals surface area contributed by atoms with Crippen LogP contribution in [0.1, 0.15) is 62.6 Å². The number of carbonyl (C=O) groups excluding carboxylic acids is 1. The molecule has 0 aliphatic heterocycles. The van der Waals surface area contributed by atoms with Gasteiger partial charge in [-0.1, -0.05) is 45.9 Å². The molecule has 0 radical (unpaired) electrons. The van der Waals surface area contributed by atoms with Crippen LogP contribution in [0, 0.1) is 0 Å². The SMILES string of the molecule is CC(C)c1cccc(C(C)C)c1NC(=O)CCNCc1ccncc1. The molecule has 0 aliphatic carbocycles. The van der Waals surface area contributed by atoms with Gasteiger partial charge in [0.05, 0.1) is 0 Å². The van der Waals surface area contributed by atoms with Gasteiger partial charge in [-0.15, -0.1) is 0 Å². The number of rotatable bonds is 8. The minimum atomic E-state index is 0.0530. The van der Waals surface area contributed by atoms with Crippen molar-refractivity contribution in [2.45, 2.75) is 52.5 Å². The van der Waals surface area contributed by atoms with Gasteiger partial charge in [-0.05, 0) is 40.7 Å². The third kappa shape index (κ3) is 5.68. The van der Waals surface area contributed by atoms with Crippen LogP contribution in [0.25, 0.3) is 0 Å². The Bertz CT molecular complexity index is 655. The van der Waals surface area contributed by atoms with E-state index in [0.29, 0.717) is 24.8 Å². The van der Waals surface area contributed by atoms with Crippen molar-refractivity contribution in [3.05, 3.63) is 59.4 Å². The fourth-order valence-electron chi connectivity index (χ4n) is 2.83. The number of hydrogen-bond acceptors (Lipinski definition) is 3. The van der Waals surface area contributed by atoms with Crippen molar-refractivity contribution in [1.29, 1.82) is 0 Å². The first-order chi connectivity index (χ1) is 12.0. The Hall–Kier alpha value is -2.20. The molecule has 0 bridgehead atoms. The molecular weight excluding hydrogens is 310 g/mol. The van der Waals surface area contributed by atoms with Crippen LogP contribution in [0.5, 0.6) is 0 Å². The smallest absolute Gasteiger partial charge is 0.225 e. The number of carbonyl (C=O) groups is 1. The summed E-state index contributed by atoms with van der Waals surface area (Å²) < 4.78 is 0. The van der Waals surface area contributed by atoms with Gasteiger partial charge in [0.2, 0.25) is 5.91 Å². The number of anilines is 1. The fraction of sp³-hybridized carbons (Fsp3) is 0.429. The van der Waals surface area contributed by atoms with E-state index < -0.39 is 0 Å². The summed E-state index contributed by atoms with van der Waals surface area (Å²) in [4.78, 5) is 16.4. The second kappa shape index (κ2) is 9.33. The van der Waals surface area contributed by atoms with E-state index in [4.69, 9.17) is 0 Å². The molecule has 134 valence electrons. The molecule has 4 heteroatoms. The van der Waals surface area contributed by atoms with Gasteiger partial charge in [0.1, 0.15) is 0 Å². The number of para-hydroxylation sites is 1. The average molecular weight is 339 g/mol. The van der Waals surface area contributed by atoms with Gasteiger partial charge < -0.3 is 10.6 Å². The Morgan fingerprint density at radius 3 is 2.16 bits per heavy atom. The lowest BCUT2D eigenvalue weighted by molar-refractivity contribution is -0.116. The van der Waals surface area contributed by atoms with Crippen LogP contribution in [0.3, 0.4) is 0 Å². The minimum Gasteiger partial charge on any atom is -0.326 e. The van der Waals surface area contributed by atoms with Crippen LogP contribution >= 0.6 is 0 Å². The Morgan fingerprint density at radius 2 is 1.60 bits per heavy atom. The molecule has 0 atom stereocenters. The number of hydrogen-bond donors (Lipinski definition) is 2. The lowest BCUT2D eigenvalue weighted by Gasteiger charge is -2.20. The molecule has 2 N–H and O–H groups in total. The first-order valence-corrected chi connectivity index (χ1v) is 9.01. The van der Waals surface area contributed by atoms with Gasteiger partial charge >= 0.3 is 0 Å². The standard InChI is InChI=1S/C21H29N3O/c1-15(2)18-6-5-7-19(16(3)4)21(18)24-20(25)10-13-23-14-17-8-11-22-12-9-17/h5-9,11-12,15-16,23H,10,13-14H2,1-4H3,(H,24,25). The Balaban J connectivity index is 1.93. The summed E-state index contributed by atoms with van der Waals surface area (Å²) in [5.41, 5.74) is 4.56. The van der Waals surface area contributed by atoms with E-state index in [1.165, 1.54) is 16.7 Å². The average Bonchev–Trinajstić information content (AvgIpc) is 2.59. The zero-order chi connectivity index (χ0) is 18.2. The number of pyridine rings is 1. The third-order valence-electron chi connectivity index (χ3n) is 4.24. The monoisotopic (exact) mass is 339 g/mol. The number of nitrogens with one attached hydrogen (secondary N) is 2. The zero-order valence-corrected chi connectivity index (χ0v) is 15.7. The molecule has 0 aliphatic rings. The maximum Gasteiger partial charge on any atom is 0.225 e. The number of aromatic nitrogens is 1. The third-order valence-corrected chi connectivity index (χ3v) is 4.24. The van der Waals surface area contributed by atoms with Crippen LogP contribution in [0.4, 0.5) is 5.69 Å². The first-order valence-electron chi connectivity index (χ1n) is 9.01. The highest BCUT2D eigenvalue weighted by molar-refractivity contribution is 5.92. The lowest BCUT2D eigenvalue weighted by atomic mass is 9.92. The van der Waals surface area contributed by atoms with Crippen LogP contribution in [-0.2, 0) is 11.3 Å². The van der Waals surface area contributed by atoms with Crippen LogP contribution in [-0.4, -0.2) is 17.4 Å². The molecule has 1 aromatic heterocycles. The maximum atomic E-state index is 12.4. The number of nitrogens with zero attached hydrogens (tertiary/aromatic N) is 1. The van der Waals surface area contributed by atoms with E-state index in [0.717, 1.165) is 12.2 Å². The molecule has 1 aromatic carbocycles. The van der Waals surface area contributed by atoms with Crippen molar-refractivity contribution in [1.82, 2.24) is 10.3 Å². The summed E-state index contributed by atoms with van der Waals surface area (Å²) in [5, 5.41) is 6.46. The van der Waals surface area contributed by atoms with E-state index in [-0.39, 0.29) is 5.91 Å². The molecule has 1 heterocycles. The molecule has 2 rings (SSSR count). The normalized spacial score (nSPS) is 11.1. The van der Waals surface area contributed by atoms with Gasteiger partial charge in [0, 0.05) is 37.6 Å². The number of benzene rings is 1. The van der Waals surface area contributed by atoms with Crippen LogP contribution in [0.15, 0.2) is 42.7 Å². The second-order valence-corrected chi connectivity index (χ2v) is 6.95. The van der Waals surface area contributed by atoms with E-state index >= 15 is 0 Å². The molecule has 0 spiro atoms. The zero-order valence-electron chi connectivity index (χ0n) is 15.7. The largest absolute Gasteiger partial charge is 0.326 e. The van der Waals surface area contributed by atoms with E-state index in [9.17, 15) is 4.79 Å². The van der Waals surface area contributed by atoms with Gasteiger partial charge in [-0.2, -0.15) is 0 Å². The van der Waals surface area contributed by atoms with Crippen molar-refractivity contribution in [2.75, 3.05) is 11.9 Å². The van der Waals surface area contributed by atoms with Crippen molar-refractivity contribution >= 4 is 11.6 Å². The summed E-state index contributed by atoms with van der Waals surface area (Å²) >= 11 is 0. The van der Waals surface area contributed by atoms with Crippen LogP contribution in [0.2, 0.25) is 0 Å². The van der Waals surface area contributed by atoms with Crippen LogP contribution < -0.4 is 10.6 Å². The molecule has 2 aromatic rings. The fourth-order valence-corrected chi connectivity index (χ4v) is 2.83. The minimum absolute atomic E-state index is 0.0530. The molecule has 1 amide bonds. The van der Waals surface area contributed by atoms with Crippen molar-refractivity contribution in [3.63, 3.8) is 0 Å². The van der Waals surface area contributed by atoms with E-state index in [1.54, 1.807) is 12.4 Å². The van der Waals surface area contributed by atoms with Crippen molar-refractivity contribution in [3.8, 4) is 0 Å². The number of amides is 1.